The van der Waals surface area contributed by atoms with E-state index in [1.807, 2.05) is 6.20 Å². The third-order valence-corrected chi connectivity index (χ3v) is 2.41. The van der Waals surface area contributed by atoms with Crippen molar-refractivity contribution in [3.8, 4) is 0 Å². The van der Waals surface area contributed by atoms with E-state index in [-0.39, 0.29) is 0 Å². The Morgan fingerprint density at radius 1 is 1.30 bits per heavy atom. The van der Waals surface area contributed by atoms with Crippen LogP contribution < -0.4 is 0 Å². The van der Waals surface area contributed by atoms with Crippen molar-refractivity contribution < 1.29 is 0 Å². The SMILES string of the molecule is C=CN1CCC(C)(C)CC1. The van der Waals surface area contributed by atoms with Gasteiger partial charge in [-0.25, -0.2) is 0 Å². The fourth-order valence-electron chi connectivity index (χ4n) is 1.31. The highest BCUT2D eigenvalue weighted by molar-refractivity contribution is 4.82. The molecule has 1 fully saturated rings. The summed E-state index contributed by atoms with van der Waals surface area (Å²) in [5.74, 6) is 0. The Balaban J connectivity index is 2.38. The minimum Gasteiger partial charge on any atom is -0.378 e. The zero-order chi connectivity index (χ0) is 7.61. The number of hydrogen-bond donors (Lipinski definition) is 0. The first-order valence-electron chi connectivity index (χ1n) is 4.01. The van der Waals surface area contributed by atoms with Crippen LogP contribution in [0.5, 0.6) is 0 Å². The lowest BCUT2D eigenvalue weighted by Crippen LogP contribution is -2.33. The summed E-state index contributed by atoms with van der Waals surface area (Å²) in [6.07, 6.45) is 4.56. The summed E-state index contributed by atoms with van der Waals surface area (Å²) in [6.45, 7) is 10.8. The van der Waals surface area contributed by atoms with Crippen molar-refractivity contribution in [2.45, 2.75) is 26.7 Å². The van der Waals surface area contributed by atoms with Crippen LogP contribution in [0.15, 0.2) is 12.8 Å². The van der Waals surface area contributed by atoms with Gasteiger partial charge in [0.1, 0.15) is 0 Å². The second-order valence-electron chi connectivity index (χ2n) is 3.88. The quantitative estimate of drug-likeness (QED) is 0.538. The molecule has 0 amide bonds. The normalized spacial score (nSPS) is 24.4. The maximum Gasteiger partial charge on any atom is 0.0177 e. The Hall–Kier alpha value is -0.460. The number of rotatable bonds is 1. The van der Waals surface area contributed by atoms with Crippen LogP contribution in [0.4, 0.5) is 0 Å². The minimum absolute atomic E-state index is 0.569. The fraction of sp³-hybridized carbons (Fsp3) is 0.778. The summed E-state index contributed by atoms with van der Waals surface area (Å²) in [4.78, 5) is 2.30. The van der Waals surface area contributed by atoms with E-state index in [1.54, 1.807) is 0 Å². The minimum atomic E-state index is 0.569. The first kappa shape index (κ1) is 7.64. The first-order chi connectivity index (χ1) is 4.64. The van der Waals surface area contributed by atoms with Gasteiger partial charge in [-0.3, -0.25) is 0 Å². The van der Waals surface area contributed by atoms with Crippen LogP contribution >= 0.6 is 0 Å². The average molecular weight is 139 g/mol. The van der Waals surface area contributed by atoms with Crippen molar-refractivity contribution in [2.75, 3.05) is 13.1 Å². The Morgan fingerprint density at radius 2 is 1.80 bits per heavy atom. The van der Waals surface area contributed by atoms with E-state index >= 15 is 0 Å². The lowest BCUT2D eigenvalue weighted by atomic mass is 9.83. The van der Waals surface area contributed by atoms with Gasteiger partial charge in [0.05, 0.1) is 0 Å². The summed E-state index contributed by atoms with van der Waals surface area (Å²) >= 11 is 0. The third kappa shape index (κ3) is 1.76. The van der Waals surface area contributed by atoms with Gasteiger partial charge < -0.3 is 4.90 Å². The molecule has 0 aromatic heterocycles. The second kappa shape index (κ2) is 2.65. The molecule has 1 nitrogen and oxygen atoms in total. The van der Waals surface area contributed by atoms with Crippen molar-refractivity contribution in [3.63, 3.8) is 0 Å². The van der Waals surface area contributed by atoms with Gasteiger partial charge in [-0.15, -0.1) is 0 Å². The highest BCUT2D eigenvalue weighted by Crippen LogP contribution is 2.29. The van der Waals surface area contributed by atoms with Gasteiger partial charge in [-0.05, 0) is 24.5 Å². The Kier molecular flexibility index (Phi) is 2.02. The summed E-state index contributed by atoms with van der Waals surface area (Å²) in [6, 6.07) is 0. The molecule has 1 heteroatoms. The molecule has 10 heavy (non-hydrogen) atoms. The number of nitrogens with zero attached hydrogens (tertiary/aromatic N) is 1. The number of hydrogen-bond acceptors (Lipinski definition) is 1. The second-order valence-corrected chi connectivity index (χ2v) is 3.88. The zero-order valence-corrected chi connectivity index (χ0v) is 7.06. The summed E-state index contributed by atoms with van der Waals surface area (Å²) in [5.41, 5.74) is 0.569. The number of piperidine rings is 1. The van der Waals surface area contributed by atoms with Crippen LogP contribution in [0.3, 0.4) is 0 Å². The lowest BCUT2D eigenvalue weighted by Gasteiger charge is -2.36. The van der Waals surface area contributed by atoms with Crippen LogP contribution in [0.1, 0.15) is 26.7 Å². The van der Waals surface area contributed by atoms with Crippen molar-refractivity contribution in [1.29, 1.82) is 0 Å². The molecule has 0 aromatic rings. The first-order valence-corrected chi connectivity index (χ1v) is 4.01. The van der Waals surface area contributed by atoms with Crippen LogP contribution in [0.2, 0.25) is 0 Å². The lowest BCUT2D eigenvalue weighted by molar-refractivity contribution is 0.173. The molecular weight excluding hydrogens is 122 g/mol. The van der Waals surface area contributed by atoms with E-state index in [2.05, 4.69) is 25.3 Å². The Labute approximate surface area is 63.7 Å². The van der Waals surface area contributed by atoms with Gasteiger partial charge in [0.25, 0.3) is 0 Å². The third-order valence-electron chi connectivity index (χ3n) is 2.41. The average Bonchev–Trinajstić information content (AvgIpc) is 1.88. The monoisotopic (exact) mass is 139 g/mol. The van der Waals surface area contributed by atoms with Gasteiger partial charge in [0.15, 0.2) is 0 Å². The molecule has 58 valence electrons. The van der Waals surface area contributed by atoms with Crippen molar-refractivity contribution >= 4 is 0 Å². The van der Waals surface area contributed by atoms with Gasteiger partial charge >= 0.3 is 0 Å². The summed E-state index contributed by atoms with van der Waals surface area (Å²) < 4.78 is 0. The van der Waals surface area contributed by atoms with Crippen LogP contribution in [0.25, 0.3) is 0 Å². The molecule has 0 aromatic carbocycles. The van der Waals surface area contributed by atoms with E-state index in [9.17, 15) is 0 Å². The van der Waals surface area contributed by atoms with E-state index in [4.69, 9.17) is 0 Å². The molecule has 1 aliphatic heterocycles. The smallest absolute Gasteiger partial charge is 0.0177 e. The highest BCUT2D eigenvalue weighted by Gasteiger charge is 2.23. The molecule has 0 unspecified atom stereocenters. The molecule has 0 atom stereocenters. The van der Waals surface area contributed by atoms with Crippen molar-refractivity contribution in [1.82, 2.24) is 4.90 Å². The molecule has 1 aliphatic rings. The molecule has 0 aliphatic carbocycles. The van der Waals surface area contributed by atoms with E-state index in [0.717, 1.165) is 0 Å². The molecule has 1 rings (SSSR count). The van der Waals surface area contributed by atoms with Gasteiger partial charge in [0.2, 0.25) is 0 Å². The number of likely N-dealkylation sites (tertiary alicyclic amines) is 1. The van der Waals surface area contributed by atoms with Crippen LogP contribution in [-0.4, -0.2) is 18.0 Å². The topological polar surface area (TPSA) is 3.24 Å². The van der Waals surface area contributed by atoms with Crippen molar-refractivity contribution in [3.05, 3.63) is 12.8 Å². The standard InChI is InChI=1S/C9H17N/c1-4-10-7-5-9(2,3)6-8-10/h4H,1,5-8H2,2-3H3. The molecule has 0 saturated carbocycles. The Bertz CT molecular complexity index is 117. The van der Waals surface area contributed by atoms with Crippen LogP contribution in [-0.2, 0) is 0 Å². The van der Waals surface area contributed by atoms with Gasteiger partial charge in [0, 0.05) is 13.1 Å². The molecule has 1 heterocycles. The van der Waals surface area contributed by atoms with Gasteiger partial charge in [-0.2, -0.15) is 0 Å². The van der Waals surface area contributed by atoms with E-state index in [1.165, 1.54) is 25.9 Å². The maximum atomic E-state index is 3.76. The Morgan fingerprint density at radius 3 is 2.20 bits per heavy atom. The molecule has 0 N–H and O–H groups in total. The van der Waals surface area contributed by atoms with E-state index in [0.29, 0.717) is 5.41 Å². The molecule has 1 saturated heterocycles. The molecule has 0 bridgehead atoms. The van der Waals surface area contributed by atoms with E-state index < -0.39 is 0 Å². The molecule has 0 radical (unpaired) electrons. The summed E-state index contributed by atoms with van der Waals surface area (Å²) in [7, 11) is 0. The highest BCUT2D eigenvalue weighted by atomic mass is 15.1. The van der Waals surface area contributed by atoms with Crippen molar-refractivity contribution in [2.24, 2.45) is 5.41 Å². The predicted octanol–water partition coefficient (Wildman–Crippen LogP) is 2.25. The largest absolute Gasteiger partial charge is 0.378 e. The molecular formula is C9H17N. The summed E-state index contributed by atoms with van der Waals surface area (Å²) in [5, 5.41) is 0. The zero-order valence-electron chi connectivity index (χ0n) is 7.06. The molecule has 0 spiro atoms. The fourth-order valence-corrected chi connectivity index (χ4v) is 1.31. The van der Waals surface area contributed by atoms with Crippen LogP contribution in [0, 0.1) is 5.41 Å². The predicted molar refractivity (Wildman–Crippen MR) is 44.8 cm³/mol. The van der Waals surface area contributed by atoms with Gasteiger partial charge in [-0.1, -0.05) is 20.4 Å². The maximum absolute atomic E-state index is 3.76.